The molecule has 8 nitrogen and oxygen atoms in total. The average molecular weight is 455 g/mol. The summed E-state index contributed by atoms with van der Waals surface area (Å²) in [5.74, 6) is 0.0627. The van der Waals surface area contributed by atoms with Crippen LogP contribution in [0.5, 0.6) is 5.88 Å². The molecule has 2 aliphatic rings. The molecule has 9 heteroatoms. The van der Waals surface area contributed by atoms with Gasteiger partial charge in [0.05, 0.1) is 49.8 Å². The average Bonchev–Trinajstić information content (AvgIpc) is 3.29. The Morgan fingerprint density at radius 1 is 1.18 bits per heavy atom. The zero-order valence-electron chi connectivity index (χ0n) is 19.4. The zero-order valence-corrected chi connectivity index (χ0v) is 19.4. The topological polar surface area (TPSA) is 79.0 Å². The van der Waals surface area contributed by atoms with Crippen molar-refractivity contribution < 1.29 is 13.9 Å². The van der Waals surface area contributed by atoms with E-state index >= 15 is 0 Å². The van der Waals surface area contributed by atoms with Crippen molar-refractivity contribution in [1.82, 2.24) is 29.9 Å². The quantitative estimate of drug-likeness (QED) is 0.638. The largest absolute Gasteiger partial charge is 0.479 e. The summed E-state index contributed by atoms with van der Waals surface area (Å²) in [6, 6.07) is 2.47. The molecule has 5 rings (SSSR count). The molecule has 0 radical (unpaired) electrons. The van der Waals surface area contributed by atoms with Crippen molar-refractivity contribution in [1.29, 1.82) is 0 Å². The first-order valence-corrected chi connectivity index (χ1v) is 11.7. The molecule has 33 heavy (non-hydrogen) atoms. The van der Waals surface area contributed by atoms with Gasteiger partial charge in [0.25, 0.3) is 0 Å². The Morgan fingerprint density at radius 2 is 1.97 bits per heavy atom. The molecule has 0 aromatic carbocycles. The second-order valence-corrected chi connectivity index (χ2v) is 9.24. The number of aromatic nitrogens is 5. The van der Waals surface area contributed by atoms with Gasteiger partial charge in [-0.2, -0.15) is 10.2 Å². The van der Waals surface area contributed by atoms with Crippen LogP contribution in [0.4, 0.5) is 4.39 Å². The number of methoxy groups -OCH3 is 1. The van der Waals surface area contributed by atoms with Crippen LogP contribution in [0.25, 0.3) is 16.9 Å². The van der Waals surface area contributed by atoms with E-state index in [0.29, 0.717) is 43.3 Å². The van der Waals surface area contributed by atoms with E-state index < -0.39 is 5.82 Å². The monoisotopic (exact) mass is 454 g/mol. The number of piperidine rings is 1. The van der Waals surface area contributed by atoms with Crippen molar-refractivity contribution in [3.63, 3.8) is 0 Å². The maximum absolute atomic E-state index is 14.4. The van der Waals surface area contributed by atoms with Gasteiger partial charge in [-0.15, -0.1) is 0 Å². The summed E-state index contributed by atoms with van der Waals surface area (Å²) in [6.45, 7) is 6.64. The molecule has 0 amide bonds. The van der Waals surface area contributed by atoms with E-state index in [0.717, 1.165) is 48.3 Å². The van der Waals surface area contributed by atoms with E-state index in [1.54, 1.807) is 10.9 Å². The summed E-state index contributed by atoms with van der Waals surface area (Å²) in [4.78, 5) is 4.10. The molecule has 3 aromatic heterocycles. The van der Waals surface area contributed by atoms with Crippen molar-refractivity contribution in [2.24, 2.45) is 5.92 Å². The van der Waals surface area contributed by atoms with Crippen LogP contribution in [-0.2, 0) is 24.1 Å². The lowest BCUT2D eigenvalue weighted by molar-refractivity contribution is 0.145. The molecule has 3 aromatic rings. The van der Waals surface area contributed by atoms with Crippen molar-refractivity contribution in [2.45, 2.75) is 58.2 Å². The van der Waals surface area contributed by atoms with E-state index in [9.17, 15) is 4.39 Å². The number of ether oxygens (including phenoxy) is 2. The Bertz CT molecular complexity index is 1120. The SMILES string of the molecule is COc1ncc(-n2nc(-c3cnn(CC4C[C@@H](C)N[C@@H](C)C4)c3)c3c2CCOCC3)cc1F. The van der Waals surface area contributed by atoms with Gasteiger partial charge in [0.15, 0.2) is 5.82 Å². The van der Waals surface area contributed by atoms with Crippen molar-refractivity contribution in [2.75, 3.05) is 20.3 Å². The highest BCUT2D eigenvalue weighted by atomic mass is 19.1. The molecule has 1 fully saturated rings. The Kier molecular flexibility index (Phi) is 6.16. The van der Waals surface area contributed by atoms with E-state index in [2.05, 4.69) is 35.4 Å². The van der Waals surface area contributed by atoms with E-state index in [4.69, 9.17) is 14.6 Å². The molecule has 0 bridgehead atoms. The Balaban J connectivity index is 1.47. The van der Waals surface area contributed by atoms with Crippen LogP contribution in [0, 0.1) is 11.7 Å². The molecule has 2 aliphatic heterocycles. The fraction of sp³-hybridized carbons (Fsp3) is 0.542. The van der Waals surface area contributed by atoms with Crippen molar-refractivity contribution in [3.05, 3.63) is 41.7 Å². The molecule has 1 saturated heterocycles. The molecule has 0 aliphatic carbocycles. The van der Waals surface area contributed by atoms with Crippen molar-refractivity contribution in [3.8, 4) is 22.8 Å². The molecule has 0 spiro atoms. The number of halogens is 1. The molecule has 0 saturated carbocycles. The second kappa shape index (κ2) is 9.23. The highest BCUT2D eigenvalue weighted by molar-refractivity contribution is 5.64. The maximum atomic E-state index is 14.4. The standard InChI is InChI=1S/C24H31FN6O2/c1-15-8-17(9-16(2)28-15)13-30-14-18(11-27-30)23-20-4-6-33-7-5-22(20)31(29-23)19-10-21(25)24(32-3)26-12-19/h10-12,14-17,28H,4-9,13H2,1-3H3/t15-,16+,17?. The number of rotatable bonds is 5. The lowest BCUT2D eigenvalue weighted by Crippen LogP contribution is -2.43. The number of nitrogens with one attached hydrogen (secondary N) is 1. The van der Waals surface area contributed by atoms with Gasteiger partial charge in [0, 0.05) is 48.4 Å². The number of hydrogen-bond acceptors (Lipinski definition) is 6. The molecule has 176 valence electrons. The van der Waals surface area contributed by atoms with E-state index in [-0.39, 0.29) is 5.88 Å². The van der Waals surface area contributed by atoms with Crippen LogP contribution >= 0.6 is 0 Å². The summed E-state index contributed by atoms with van der Waals surface area (Å²) in [5.41, 5.74) is 4.59. The lowest BCUT2D eigenvalue weighted by Gasteiger charge is -2.32. The van der Waals surface area contributed by atoms with Gasteiger partial charge >= 0.3 is 0 Å². The third-order valence-electron chi connectivity index (χ3n) is 6.60. The summed E-state index contributed by atoms with van der Waals surface area (Å²) >= 11 is 0. The normalized spacial score (nSPS) is 23.2. The van der Waals surface area contributed by atoms with Gasteiger partial charge in [-0.05, 0) is 39.0 Å². The summed E-state index contributed by atoms with van der Waals surface area (Å²) in [5, 5.41) is 13.2. The van der Waals surface area contributed by atoms with Gasteiger partial charge in [0.2, 0.25) is 5.88 Å². The second-order valence-electron chi connectivity index (χ2n) is 9.24. The predicted octanol–water partition coefficient (Wildman–Crippen LogP) is 3.17. The first kappa shape index (κ1) is 22.0. The molecule has 5 heterocycles. The van der Waals surface area contributed by atoms with E-state index in [1.165, 1.54) is 13.2 Å². The minimum atomic E-state index is -0.510. The molecule has 3 atom stereocenters. The molecule has 1 N–H and O–H groups in total. The first-order chi connectivity index (χ1) is 16.0. The Labute approximate surface area is 193 Å². The third-order valence-corrected chi connectivity index (χ3v) is 6.60. The molecular formula is C24H31FN6O2. The maximum Gasteiger partial charge on any atom is 0.250 e. The van der Waals surface area contributed by atoms with Gasteiger partial charge in [-0.25, -0.2) is 14.1 Å². The smallest absolute Gasteiger partial charge is 0.250 e. The van der Waals surface area contributed by atoms with Gasteiger partial charge < -0.3 is 14.8 Å². The third kappa shape index (κ3) is 4.52. The molecular weight excluding hydrogens is 423 g/mol. The van der Waals surface area contributed by atoms with Crippen LogP contribution in [0.1, 0.15) is 37.9 Å². The van der Waals surface area contributed by atoms with Crippen LogP contribution in [0.3, 0.4) is 0 Å². The van der Waals surface area contributed by atoms with Crippen molar-refractivity contribution >= 4 is 0 Å². The highest BCUT2D eigenvalue weighted by Crippen LogP contribution is 2.31. The van der Waals surface area contributed by atoms with Crippen LogP contribution in [-0.4, -0.2) is 57.0 Å². The highest BCUT2D eigenvalue weighted by Gasteiger charge is 2.26. The summed E-state index contributed by atoms with van der Waals surface area (Å²) < 4.78 is 28.9. The Hall–Kier alpha value is -2.78. The summed E-state index contributed by atoms with van der Waals surface area (Å²) in [6.07, 6.45) is 9.32. The van der Waals surface area contributed by atoms with Gasteiger partial charge in [-0.1, -0.05) is 0 Å². The van der Waals surface area contributed by atoms with Crippen LogP contribution in [0.2, 0.25) is 0 Å². The first-order valence-electron chi connectivity index (χ1n) is 11.7. The van der Waals surface area contributed by atoms with Gasteiger partial charge in [0.1, 0.15) is 0 Å². The molecule has 1 unspecified atom stereocenters. The summed E-state index contributed by atoms with van der Waals surface area (Å²) in [7, 11) is 1.41. The van der Waals surface area contributed by atoms with Crippen LogP contribution in [0.15, 0.2) is 24.7 Å². The number of pyridine rings is 1. The zero-order chi connectivity index (χ0) is 22.9. The minimum Gasteiger partial charge on any atom is -0.479 e. The number of hydrogen-bond donors (Lipinski definition) is 1. The van der Waals surface area contributed by atoms with Gasteiger partial charge in [-0.3, -0.25) is 4.68 Å². The Morgan fingerprint density at radius 3 is 2.73 bits per heavy atom. The van der Waals surface area contributed by atoms with Crippen LogP contribution < -0.4 is 10.1 Å². The fourth-order valence-corrected chi connectivity index (χ4v) is 5.29. The fourth-order valence-electron chi connectivity index (χ4n) is 5.29. The number of fused-ring (bicyclic) bond motifs is 1. The van der Waals surface area contributed by atoms with E-state index in [1.807, 2.05) is 10.9 Å². The lowest BCUT2D eigenvalue weighted by atomic mass is 9.89. The number of nitrogens with zero attached hydrogens (tertiary/aromatic N) is 5. The minimum absolute atomic E-state index is 0.0246. The predicted molar refractivity (Wildman–Crippen MR) is 122 cm³/mol.